The van der Waals surface area contributed by atoms with Gasteiger partial charge >= 0.3 is 11.9 Å². The van der Waals surface area contributed by atoms with Gasteiger partial charge < -0.3 is 19.7 Å². The van der Waals surface area contributed by atoms with Gasteiger partial charge in [0.2, 0.25) is 0 Å². The van der Waals surface area contributed by atoms with Crippen molar-refractivity contribution in [2.24, 2.45) is 4.99 Å². The van der Waals surface area contributed by atoms with Crippen LogP contribution in [0.15, 0.2) is 75.0 Å². The Labute approximate surface area is 243 Å². The Kier molecular flexibility index (Phi) is 9.28. The van der Waals surface area contributed by atoms with E-state index in [1.54, 1.807) is 42.5 Å². The lowest BCUT2D eigenvalue weighted by atomic mass is 10.1. The van der Waals surface area contributed by atoms with Crippen LogP contribution >= 0.6 is 27.7 Å². The number of carboxylic acid groups (broad SMARTS) is 2. The number of carboxylic acids is 2. The van der Waals surface area contributed by atoms with Gasteiger partial charge in [0.15, 0.2) is 16.7 Å². The zero-order chi connectivity index (χ0) is 28.8. The average molecular weight is 625 g/mol. The molecule has 9 nitrogen and oxygen atoms in total. The lowest BCUT2D eigenvalue weighted by molar-refractivity contribution is -0.122. The Bertz CT molecular complexity index is 1520. The summed E-state index contributed by atoms with van der Waals surface area (Å²) in [7, 11) is 0. The minimum Gasteiger partial charge on any atom is -0.490 e. The van der Waals surface area contributed by atoms with Crippen molar-refractivity contribution in [2.75, 3.05) is 13.2 Å². The van der Waals surface area contributed by atoms with Gasteiger partial charge in [-0.3, -0.25) is 9.69 Å². The van der Waals surface area contributed by atoms with Gasteiger partial charge in [-0.15, -0.1) is 0 Å². The van der Waals surface area contributed by atoms with Crippen LogP contribution in [0.4, 0.5) is 5.69 Å². The highest BCUT2D eigenvalue weighted by atomic mass is 79.9. The van der Waals surface area contributed by atoms with Crippen LogP contribution in [0.25, 0.3) is 6.08 Å². The molecule has 1 fully saturated rings. The second-order valence-corrected chi connectivity index (χ2v) is 10.3. The summed E-state index contributed by atoms with van der Waals surface area (Å²) < 4.78 is 12.5. The molecule has 0 aliphatic carbocycles. The lowest BCUT2D eigenvalue weighted by Gasteiger charge is -2.14. The molecule has 1 heterocycles. The summed E-state index contributed by atoms with van der Waals surface area (Å²) in [6, 6.07) is 16.2. The van der Waals surface area contributed by atoms with Gasteiger partial charge in [-0.1, -0.05) is 34.1 Å². The predicted molar refractivity (Wildman–Crippen MR) is 156 cm³/mol. The fraction of sp³-hybridized carbons (Fsp3) is 0.172. The van der Waals surface area contributed by atoms with Crippen LogP contribution in [0.3, 0.4) is 0 Å². The molecular formula is C29H25BrN2O7S. The molecule has 40 heavy (non-hydrogen) atoms. The number of carbonyl (C=O) groups excluding carboxylic acids is 1. The Morgan fingerprint density at radius 2 is 1.68 bits per heavy atom. The molecule has 1 amide bonds. The van der Waals surface area contributed by atoms with Crippen molar-refractivity contribution in [1.82, 2.24) is 4.90 Å². The number of halogens is 1. The highest BCUT2D eigenvalue weighted by molar-refractivity contribution is 9.10. The van der Waals surface area contributed by atoms with Crippen LogP contribution in [0.2, 0.25) is 0 Å². The largest absolute Gasteiger partial charge is 0.490 e. The van der Waals surface area contributed by atoms with Gasteiger partial charge in [0.05, 0.1) is 28.3 Å². The summed E-state index contributed by atoms with van der Waals surface area (Å²) in [5.74, 6) is -1.29. The second-order valence-electron chi connectivity index (χ2n) is 8.45. The number of benzene rings is 3. The zero-order valence-electron chi connectivity index (χ0n) is 21.6. The Hall–Kier alpha value is -4.09. The number of thioether (sulfide) groups is 1. The molecule has 3 aromatic rings. The third kappa shape index (κ3) is 6.72. The molecule has 0 aromatic heterocycles. The molecule has 1 saturated heterocycles. The summed E-state index contributed by atoms with van der Waals surface area (Å²) in [6.07, 6.45) is 1.74. The number of ether oxygens (including phenoxy) is 2. The number of likely N-dealkylation sites (N-methyl/N-ethyl adjacent to an activating group) is 1. The summed E-state index contributed by atoms with van der Waals surface area (Å²) >= 11 is 4.77. The zero-order valence-corrected chi connectivity index (χ0v) is 24.0. The second kappa shape index (κ2) is 12.8. The number of carbonyl (C=O) groups is 3. The fourth-order valence-electron chi connectivity index (χ4n) is 3.78. The maximum Gasteiger partial charge on any atom is 0.335 e. The van der Waals surface area contributed by atoms with E-state index in [4.69, 9.17) is 14.6 Å². The van der Waals surface area contributed by atoms with Crippen LogP contribution in [0, 0.1) is 0 Å². The van der Waals surface area contributed by atoms with Crippen molar-refractivity contribution in [3.8, 4) is 11.5 Å². The molecule has 0 radical (unpaired) electrons. The van der Waals surface area contributed by atoms with Gasteiger partial charge in [0.25, 0.3) is 5.91 Å². The van der Waals surface area contributed by atoms with Gasteiger partial charge in [0, 0.05) is 11.0 Å². The number of amidine groups is 1. The Morgan fingerprint density at radius 3 is 2.33 bits per heavy atom. The Morgan fingerprint density at radius 1 is 0.975 bits per heavy atom. The van der Waals surface area contributed by atoms with E-state index in [0.717, 1.165) is 5.56 Å². The van der Waals surface area contributed by atoms with E-state index in [2.05, 4.69) is 20.9 Å². The topological polar surface area (TPSA) is 126 Å². The molecule has 206 valence electrons. The minimum absolute atomic E-state index is 0.113. The van der Waals surface area contributed by atoms with E-state index in [0.29, 0.717) is 50.4 Å². The fourth-order valence-corrected chi connectivity index (χ4v) is 5.27. The first-order chi connectivity index (χ1) is 19.2. The lowest BCUT2D eigenvalue weighted by Crippen LogP contribution is -2.28. The first kappa shape index (κ1) is 28.9. The summed E-state index contributed by atoms with van der Waals surface area (Å²) in [5.41, 5.74) is 2.24. The first-order valence-electron chi connectivity index (χ1n) is 12.2. The van der Waals surface area contributed by atoms with Crippen LogP contribution in [-0.4, -0.2) is 51.3 Å². The molecule has 0 atom stereocenters. The molecule has 11 heteroatoms. The molecule has 0 unspecified atom stereocenters. The third-order valence-electron chi connectivity index (χ3n) is 5.77. The number of aromatic carboxylic acids is 2. The molecule has 0 spiro atoms. The van der Waals surface area contributed by atoms with Crippen molar-refractivity contribution >= 4 is 62.5 Å². The maximum absolute atomic E-state index is 13.2. The quantitative estimate of drug-likeness (QED) is 0.247. The predicted octanol–water partition coefficient (Wildman–Crippen LogP) is 6.45. The number of hydrogen-bond acceptors (Lipinski definition) is 7. The number of aliphatic imine (C=N–C) groups is 1. The van der Waals surface area contributed by atoms with Crippen LogP contribution in [0.1, 0.15) is 45.7 Å². The number of hydrogen-bond donors (Lipinski definition) is 2. The van der Waals surface area contributed by atoms with E-state index >= 15 is 0 Å². The number of nitrogens with zero attached hydrogens (tertiary/aromatic N) is 2. The van der Waals surface area contributed by atoms with Crippen LogP contribution in [0.5, 0.6) is 11.5 Å². The molecule has 2 N–H and O–H groups in total. The van der Waals surface area contributed by atoms with Crippen LogP contribution < -0.4 is 9.47 Å². The average Bonchev–Trinajstić information content (AvgIpc) is 3.23. The normalized spacial score (nSPS) is 15.1. The molecule has 1 aliphatic rings. The molecule has 3 aromatic carbocycles. The van der Waals surface area contributed by atoms with Crippen molar-refractivity contribution in [2.45, 2.75) is 20.5 Å². The molecule has 0 bridgehead atoms. The Balaban J connectivity index is 1.59. The standard InChI is InChI=1S/C29H25BrN2O7S/c1-3-32-26(33)25(40-29(32)31-21-7-5-6-19(12-21)28(36)37)14-20-13-23(38-4-2)24(15-22(20)30)39-16-17-8-10-18(11-9-17)27(34)35/h5-15H,3-4,16H2,1-2H3,(H,34,35)(H,36,37). The smallest absolute Gasteiger partial charge is 0.335 e. The first-order valence-corrected chi connectivity index (χ1v) is 13.9. The number of rotatable bonds is 10. The van der Waals surface area contributed by atoms with Gasteiger partial charge in [-0.2, -0.15) is 0 Å². The van der Waals surface area contributed by atoms with Crippen molar-refractivity contribution in [3.63, 3.8) is 0 Å². The maximum atomic E-state index is 13.2. The van der Waals surface area contributed by atoms with Crippen molar-refractivity contribution in [3.05, 3.63) is 92.3 Å². The third-order valence-corrected chi connectivity index (χ3v) is 7.46. The molecular weight excluding hydrogens is 600 g/mol. The summed E-state index contributed by atoms with van der Waals surface area (Å²) in [5, 5.41) is 18.8. The highest BCUT2D eigenvalue weighted by Gasteiger charge is 2.32. The molecule has 1 aliphatic heterocycles. The van der Waals surface area contributed by atoms with Gasteiger partial charge in [0.1, 0.15) is 6.61 Å². The van der Waals surface area contributed by atoms with Gasteiger partial charge in [-0.05, 0) is 85.3 Å². The SMILES string of the molecule is CCOc1cc(C=C2SC(=Nc3cccc(C(=O)O)c3)N(CC)C2=O)c(Br)cc1OCc1ccc(C(=O)O)cc1. The van der Waals surface area contributed by atoms with E-state index in [1.165, 1.54) is 40.9 Å². The molecule has 4 rings (SSSR count). The summed E-state index contributed by atoms with van der Waals surface area (Å²) in [6.45, 7) is 4.69. The molecule has 0 saturated carbocycles. The van der Waals surface area contributed by atoms with Crippen LogP contribution in [-0.2, 0) is 11.4 Å². The van der Waals surface area contributed by atoms with E-state index < -0.39 is 11.9 Å². The van der Waals surface area contributed by atoms with Gasteiger partial charge in [-0.25, -0.2) is 14.6 Å². The number of amides is 1. The minimum atomic E-state index is -1.05. The van der Waals surface area contributed by atoms with E-state index in [-0.39, 0.29) is 23.6 Å². The highest BCUT2D eigenvalue weighted by Crippen LogP contribution is 2.39. The van der Waals surface area contributed by atoms with Crippen molar-refractivity contribution in [1.29, 1.82) is 0 Å². The summed E-state index contributed by atoms with van der Waals surface area (Å²) in [4.78, 5) is 42.1. The monoisotopic (exact) mass is 624 g/mol. The van der Waals surface area contributed by atoms with E-state index in [9.17, 15) is 19.5 Å². The van der Waals surface area contributed by atoms with Crippen molar-refractivity contribution < 1.29 is 34.1 Å². The van der Waals surface area contributed by atoms with E-state index in [1.807, 2.05) is 13.8 Å².